The molecule has 0 fully saturated rings. The topological polar surface area (TPSA) is 59.6 Å². The summed E-state index contributed by atoms with van der Waals surface area (Å²) in [4.78, 5) is 12.1. The van der Waals surface area contributed by atoms with E-state index in [1.807, 2.05) is 0 Å². The summed E-state index contributed by atoms with van der Waals surface area (Å²) in [5.74, 6) is 0.902. The van der Waals surface area contributed by atoms with Crippen LogP contribution in [0.2, 0.25) is 10.0 Å². The Bertz CT molecular complexity index is 708. The highest BCUT2D eigenvalue weighted by Crippen LogP contribution is 2.29. The van der Waals surface area contributed by atoms with E-state index in [1.54, 1.807) is 43.5 Å². The molecule has 0 spiro atoms. The van der Waals surface area contributed by atoms with Crippen molar-refractivity contribution in [3.8, 4) is 11.5 Å². The largest absolute Gasteiger partial charge is 0.497 e. The maximum atomic E-state index is 12.1. The van der Waals surface area contributed by atoms with E-state index in [0.717, 1.165) is 0 Å². The summed E-state index contributed by atoms with van der Waals surface area (Å²) >= 11 is 11.9. The molecule has 0 aliphatic rings. The van der Waals surface area contributed by atoms with Gasteiger partial charge in [0.2, 0.25) is 5.91 Å². The third-order valence-electron chi connectivity index (χ3n) is 3.05. The number of ether oxygens (including phenoxy) is 2. The number of hydrogen-bond donors (Lipinski definition) is 2. The lowest BCUT2D eigenvalue weighted by Gasteiger charge is -2.13. The third kappa shape index (κ3) is 4.68. The average Bonchev–Trinajstić information content (AvgIpc) is 2.55. The predicted octanol–water partition coefficient (Wildman–Crippen LogP) is 4.06. The minimum atomic E-state index is -0.257. The molecule has 23 heavy (non-hydrogen) atoms. The van der Waals surface area contributed by atoms with E-state index in [1.165, 1.54) is 7.11 Å². The van der Waals surface area contributed by atoms with Crippen LogP contribution in [0.3, 0.4) is 0 Å². The molecule has 1 amide bonds. The molecule has 0 aliphatic heterocycles. The fraction of sp³-hybridized carbons (Fsp3) is 0.188. The minimum absolute atomic E-state index is 0.0282. The highest BCUT2D eigenvalue weighted by molar-refractivity contribution is 6.35. The number of nitrogens with one attached hydrogen (secondary N) is 2. The van der Waals surface area contributed by atoms with Gasteiger partial charge in [-0.15, -0.1) is 0 Å². The van der Waals surface area contributed by atoms with Crippen molar-refractivity contribution in [3.05, 3.63) is 46.4 Å². The molecule has 0 unspecified atom stereocenters. The van der Waals surface area contributed by atoms with Gasteiger partial charge in [-0.05, 0) is 30.3 Å². The van der Waals surface area contributed by atoms with E-state index < -0.39 is 0 Å². The van der Waals surface area contributed by atoms with Crippen molar-refractivity contribution in [1.82, 2.24) is 0 Å². The molecule has 5 nitrogen and oxygen atoms in total. The zero-order chi connectivity index (χ0) is 16.8. The second-order valence-corrected chi connectivity index (χ2v) is 5.44. The van der Waals surface area contributed by atoms with Crippen LogP contribution >= 0.6 is 23.2 Å². The van der Waals surface area contributed by atoms with E-state index in [0.29, 0.717) is 32.9 Å². The van der Waals surface area contributed by atoms with Crippen molar-refractivity contribution < 1.29 is 14.3 Å². The molecular formula is C16H16Cl2N2O3. The summed E-state index contributed by atoms with van der Waals surface area (Å²) in [5.41, 5.74) is 1.11. The molecule has 0 saturated heterocycles. The standard InChI is InChI=1S/C16H16Cl2N2O3/c1-22-11-4-6-15(23-2)14(8-11)20-16(21)9-19-13-7-10(17)3-5-12(13)18/h3-8,19H,9H2,1-2H3,(H,20,21). The van der Waals surface area contributed by atoms with Crippen LogP contribution < -0.4 is 20.1 Å². The van der Waals surface area contributed by atoms with Crippen LogP contribution in [0.15, 0.2) is 36.4 Å². The first kappa shape index (κ1) is 17.2. The Labute approximate surface area is 144 Å². The number of benzene rings is 2. The predicted molar refractivity (Wildman–Crippen MR) is 93.1 cm³/mol. The summed E-state index contributed by atoms with van der Waals surface area (Å²) < 4.78 is 10.4. The first-order valence-corrected chi connectivity index (χ1v) is 7.50. The number of amides is 1. The quantitative estimate of drug-likeness (QED) is 0.820. The zero-order valence-electron chi connectivity index (χ0n) is 12.7. The van der Waals surface area contributed by atoms with Gasteiger partial charge in [0.15, 0.2) is 0 Å². The molecule has 2 rings (SSSR count). The number of anilines is 2. The van der Waals surface area contributed by atoms with Crippen molar-refractivity contribution in [2.45, 2.75) is 0 Å². The van der Waals surface area contributed by atoms with Crippen LogP contribution in [0.1, 0.15) is 0 Å². The Morgan fingerprint density at radius 2 is 1.83 bits per heavy atom. The average molecular weight is 355 g/mol. The second-order valence-electron chi connectivity index (χ2n) is 4.59. The highest BCUT2D eigenvalue weighted by Gasteiger charge is 2.10. The van der Waals surface area contributed by atoms with Crippen LogP contribution in [-0.4, -0.2) is 26.7 Å². The van der Waals surface area contributed by atoms with Gasteiger partial charge in [0, 0.05) is 11.1 Å². The van der Waals surface area contributed by atoms with E-state index in [-0.39, 0.29) is 12.5 Å². The van der Waals surface area contributed by atoms with Crippen LogP contribution in [0, 0.1) is 0 Å². The van der Waals surface area contributed by atoms with E-state index >= 15 is 0 Å². The van der Waals surface area contributed by atoms with Gasteiger partial charge < -0.3 is 20.1 Å². The van der Waals surface area contributed by atoms with Gasteiger partial charge >= 0.3 is 0 Å². The first-order valence-electron chi connectivity index (χ1n) is 6.74. The molecule has 2 aromatic carbocycles. The Morgan fingerprint density at radius 3 is 2.52 bits per heavy atom. The van der Waals surface area contributed by atoms with E-state index in [4.69, 9.17) is 32.7 Å². The second kappa shape index (κ2) is 7.94. The number of carbonyl (C=O) groups excluding carboxylic acids is 1. The number of methoxy groups -OCH3 is 2. The van der Waals surface area contributed by atoms with Crippen molar-refractivity contribution >= 4 is 40.5 Å². The van der Waals surface area contributed by atoms with Gasteiger partial charge in [-0.25, -0.2) is 0 Å². The van der Waals surface area contributed by atoms with E-state index in [2.05, 4.69) is 10.6 Å². The number of halogens is 2. The van der Waals surface area contributed by atoms with E-state index in [9.17, 15) is 4.79 Å². The minimum Gasteiger partial charge on any atom is -0.497 e. The van der Waals surface area contributed by atoms with Gasteiger partial charge in [-0.1, -0.05) is 23.2 Å². The van der Waals surface area contributed by atoms with Gasteiger partial charge in [0.05, 0.1) is 37.2 Å². The SMILES string of the molecule is COc1ccc(OC)c(NC(=O)CNc2cc(Cl)ccc2Cl)c1. The summed E-state index contributed by atoms with van der Waals surface area (Å²) in [5, 5.41) is 6.72. The lowest BCUT2D eigenvalue weighted by molar-refractivity contribution is -0.114. The van der Waals surface area contributed by atoms with Crippen LogP contribution in [0.25, 0.3) is 0 Å². The van der Waals surface area contributed by atoms with Crippen LogP contribution in [0.4, 0.5) is 11.4 Å². The Kier molecular flexibility index (Phi) is 5.96. The number of hydrogen-bond acceptors (Lipinski definition) is 4. The van der Waals surface area contributed by atoms with Gasteiger partial charge in [0.25, 0.3) is 0 Å². The maximum absolute atomic E-state index is 12.1. The lowest BCUT2D eigenvalue weighted by atomic mass is 10.2. The fourth-order valence-corrected chi connectivity index (χ4v) is 2.27. The molecule has 2 N–H and O–H groups in total. The van der Waals surface area contributed by atoms with Gasteiger partial charge in [-0.2, -0.15) is 0 Å². The van der Waals surface area contributed by atoms with Crippen molar-refractivity contribution in [2.75, 3.05) is 31.4 Å². The van der Waals surface area contributed by atoms with Crippen LogP contribution in [0.5, 0.6) is 11.5 Å². The molecule has 0 heterocycles. The van der Waals surface area contributed by atoms with Crippen molar-refractivity contribution in [2.24, 2.45) is 0 Å². The maximum Gasteiger partial charge on any atom is 0.243 e. The number of carbonyl (C=O) groups is 1. The first-order chi connectivity index (χ1) is 11.0. The third-order valence-corrected chi connectivity index (χ3v) is 3.61. The fourth-order valence-electron chi connectivity index (χ4n) is 1.91. The molecular weight excluding hydrogens is 339 g/mol. The molecule has 0 aliphatic carbocycles. The molecule has 0 radical (unpaired) electrons. The zero-order valence-corrected chi connectivity index (χ0v) is 14.2. The Balaban J connectivity index is 2.03. The van der Waals surface area contributed by atoms with Gasteiger partial charge in [0.1, 0.15) is 11.5 Å². The summed E-state index contributed by atoms with van der Waals surface area (Å²) in [7, 11) is 3.08. The monoisotopic (exact) mass is 354 g/mol. The van der Waals surface area contributed by atoms with Crippen molar-refractivity contribution in [3.63, 3.8) is 0 Å². The van der Waals surface area contributed by atoms with Gasteiger partial charge in [-0.3, -0.25) is 4.79 Å². The molecule has 0 atom stereocenters. The molecule has 122 valence electrons. The smallest absolute Gasteiger partial charge is 0.243 e. The van der Waals surface area contributed by atoms with Crippen LogP contribution in [-0.2, 0) is 4.79 Å². The molecule has 0 saturated carbocycles. The summed E-state index contributed by atoms with van der Waals surface area (Å²) in [6, 6.07) is 10.1. The normalized spacial score (nSPS) is 10.1. The Morgan fingerprint density at radius 1 is 1.04 bits per heavy atom. The summed E-state index contributed by atoms with van der Waals surface area (Å²) in [6.45, 7) is 0.0282. The molecule has 0 bridgehead atoms. The Hall–Kier alpha value is -2.11. The molecule has 0 aromatic heterocycles. The molecule has 7 heteroatoms. The highest BCUT2D eigenvalue weighted by atomic mass is 35.5. The van der Waals surface area contributed by atoms with Crippen molar-refractivity contribution in [1.29, 1.82) is 0 Å². The lowest BCUT2D eigenvalue weighted by Crippen LogP contribution is -2.22. The summed E-state index contributed by atoms with van der Waals surface area (Å²) in [6.07, 6.45) is 0. The molecule has 2 aromatic rings. The number of rotatable bonds is 6.